The minimum Gasteiger partial charge on any atom is -0.335 e. The van der Waals surface area contributed by atoms with Crippen LogP contribution in [0.4, 0.5) is 5.69 Å². The third-order valence-corrected chi connectivity index (χ3v) is 5.58. The summed E-state index contributed by atoms with van der Waals surface area (Å²) in [5.41, 5.74) is 2.37. The zero-order valence-electron chi connectivity index (χ0n) is 11.2. The van der Waals surface area contributed by atoms with Crippen LogP contribution in [0.3, 0.4) is 0 Å². The zero-order valence-corrected chi connectivity index (χ0v) is 12.8. The fraction of sp³-hybridized carbons (Fsp3) is 0.533. The molecule has 1 spiro atoms. The van der Waals surface area contributed by atoms with Gasteiger partial charge in [-0.25, -0.2) is 0 Å². The smallest absolute Gasteiger partial charge is 0.161 e. The van der Waals surface area contributed by atoms with E-state index in [1.165, 1.54) is 32.1 Å². The molecule has 2 nitrogen and oxygen atoms in total. The fourth-order valence-corrected chi connectivity index (χ4v) is 4.19. The van der Waals surface area contributed by atoms with Gasteiger partial charge in [0.05, 0.1) is 5.54 Å². The summed E-state index contributed by atoms with van der Waals surface area (Å²) in [6.07, 6.45) is 6.53. The predicted octanol–water partition coefficient (Wildman–Crippen LogP) is 4.87. The number of hydrogen-bond donors (Lipinski definition) is 1. The molecule has 1 aromatic rings. The van der Waals surface area contributed by atoms with Gasteiger partial charge in [-0.15, -0.1) is 0 Å². The zero-order chi connectivity index (χ0) is 13.3. The molecule has 1 heterocycles. The molecule has 0 atom stereocenters. The largest absolute Gasteiger partial charge is 0.335 e. The fourth-order valence-electron chi connectivity index (χ4n) is 2.81. The highest BCUT2D eigenvalue weighted by Crippen LogP contribution is 2.40. The minimum absolute atomic E-state index is 0.222. The molecule has 1 saturated carbocycles. The Bertz CT molecular complexity index is 507. The molecule has 1 aromatic carbocycles. The van der Waals surface area contributed by atoms with Gasteiger partial charge in [0.15, 0.2) is 5.17 Å². The lowest BCUT2D eigenvalue weighted by atomic mass is 9.84. The van der Waals surface area contributed by atoms with Crippen molar-refractivity contribution in [3.63, 3.8) is 0 Å². The van der Waals surface area contributed by atoms with Crippen LogP contribution in [-0.4, -0.2) is 16.5 Å². The highest BCUT2D eigenvalue weighted by atomic mass is 35.5. The monoisotopic (exact) mass is 294 g/mol. The number of rotatable bonds is 1. The van der Waals surface area contributed by atoms with Gasteiger partial charge in [-0.2, -0.15) is 0 Å². The third kappa shape index (κ3) is 2.92. The van der Waals surface area contributed by atoms with Gasteiger partial charge in [0, 0.05) is 16.5 Å². The summed E-state index contributed by atoms with van der Waals surface area (Å²) in [5.74, 6) is 1.13. The molecule has 0 amide bonds. The van der Waals surface area contributed by atoms with Crippen molar-refractivity contribution in [2.45, 2.75) is 44.6 Å². The van der Waals surface area contributed by atoms with Crippen LogP contribution in [0.5, 0.6) is 0 Å². The lowest BCUT2D eigenvalue weighted by molar-refractivity contribution is 0.335. The van der Waals surface area contributed by atoms with Crippen LogP contribution < -0.4 is 5.32 Å². The Hall–Kier alpha value is -0.670. The molecule has 2 aliphatic rings. The number of amidine groups is 1. The van der Waals surface area contributed by atoms with E-state index in [-0.39, 0.29) is 5.54 Å². The maximum Gasteiger partial charge on any atom is 0.161 e. The van der Waals surface area contributed by atoms with E-state index in [4.69, 9.17) is 16.6 Å². The summed E-state index contributed by atoms with van der Waals surface area (Å²) in [6.45, 7) is 2.02. The van der Waals surface area contributed by atoms with Gasteiger partial charge in [-0.3, -0.25) is 4.99 Å². The number of halogens is 1. The van der Waals surface area contributed by atoms with Crippen LogP contribution in [0, 0.1) is 6.92 Å². The average molecular weight is 295 g/mol. The van der Waals surface area contributed by atoms with Gasteiger partial charge < -0.3 is 5.32 Å². The van der Waals surface area contributed by atoms with Crippen molar-refractivity contribution in [3.05, 3.63) is 28.8 Å². The van der Waals surface area contributed by atoms with Gasteiger partial charge in [0.2, 0.25) is 0 Å². The average Bonchev–Trinajstić information content (AvgIpc) is 2.78. The highest BCUT2D eigenvalue weighted by molar-refractivity contribution is 8.14. The third-order valence-electron chi connectivity index (χ3n) is 4.02. The Morgan fingerprint density at radius 1 is 1.26 bits per heavy atom. The molecule has 1 fully saturated rings. The number of nitrogens with zero attached hydrogens (tertiary/aromatic N) is 1. The Kier molecular flexibility index (Phi) is 3.77. The Morgan fingerprint density at radius 3 is 2.79 bits per heavy atom. The van der Waals surface area contributed by atoms with E-state index in [9.17, 15) is 0 Å². The first kappa shape index (κ1) is 13.3. The molecule has 4 heteroatoms. The standard InChI is InChI=1S/C15H19ClN2S/c1-11-5-6-12(9-13(11)16)17-14-18-15(10-19-14)7-3-2-4-8-15/h5-6,9H,2-4,7-8,10H2,1H3,(H,17,18). The van der Waals surface area contributed by atoms with Gasteiger partial charge in [0.1, 0.15) is 0 Å². The van der Waals surface area contributed by atoms with Crippen molar-refractivity contribution in [1.29, 1.82) is 0 Å². The van der Waals surface area contributed by atoms with Crippen LogP contribution in [-0.2, 0) is 0 Å². The highest BCUT2D eigenvalue weighted by Gasteiger charge is 2.36. The van der Waals surface area contributed by atoms with Gasteiger partial charge >= 0.3 is 0 Å². The summed E-state index contributed by atoms with van der Waals surface area (Å²) in [7, 11) is 0. The summed E-state index contributed by atoms with van der Waals surface area (Å²) in [5, 5.41) is 5.27. The summed E-state index contributed by atoms with van der Waals surface area (Å²) in [4.78, 5) is 4.95. The lowest BCUT2D eigenvalue weighted by Crippen LogP contribution is -2.29. The molecular weight excluding hydrogens is 276 g/mol. The second kappa shape index (κ2) is 5.37. The topological polar surface area (TPSA) is 24.4 Å². The van der Waals surface area contributed by atoms with Crippen LogP contribution >= 0.6 is 23.4 Å². The van der Waals surface area contributed by atoms with Crippen molar-refractivity contribution in [2.75, 3.05) is 11.1 Å². The number of benzene rings is 1. The molecule has 1 aliphatic heterocycles. The van der Waals surface area contributed by atoms with Crippen molar-refractivity contribution in [3.8, 4) is 0 Å². The maximum atomic E-state index is 6.15. The summed E-state index contributed by atoms with van der Waals surface area (Å²) in [6, 6.07) is 6.09. The van der Waals surface area contributed by atoms with Gasteiger partial charge in [0.25, 0.3) is 0 Å². The number of aryl methyl sites for hydroxylation is 1. The maximum absolute atomic E-state index is 6.15. The van der Waals surface area contributed by atoms with Crippen LogP contribution in [0.25, 0.3) is 0 Å². The van der Waals surface area contributed by atoms with Gasteiger partial charge in [-0.05, 0) is 37.5 Å². The lowest BCUT2D eigenvalue weighted by Gasteiger charge is -2.29. The molecule has 102 valence electrons. The molecule has 1 aliphatic carbocycles. The van der Waals surface area contributed by atoms with Crippen molar-refractivity contribution in [2.24, 2.45) is 4.99 Å². The number of thioether (sulfide) groups is 1. The van der Waals surface area contributed by atoms with Crippen LogP contribution in [0.2, 0.25) is 5.02 Å². The molecule has 0 radical (unpaired) electrons. The van der Waals surface area contributed by atoms with E-state index in [0.717, 1.165) is 27.2 Å². The number of aliphatic imine (C=N–C) groups is 1. The van der Waals surface area contributed by atoms with E-state index in [2.05, 4.69) is 11.4 Å². The molecule has 3 rings (SSSR count). The first-order valence-corrected chi connectivity index (χ1v) is 8.29. The molecule has 0 saturated heterocycles. The molecule has 0 bridgehead atoms. The molecule has 0 unspecified atom stereocenters. The molecule has 0 aromatic heterocycles. The number of anilines is 1. The van der Waals surface area contributed by atoms with Crippen molar-refractivity contribution >= 4 is 34.2 Å². The van der Waals surface area contributed by atoms with E-state index >= 15 is 0 Å². The van der Waals surface area contributed by atoms with Crippen molar-refractivity contribution < 1.29 is 0 Å². The van der Waals surface area contributed by atoms with Crippen LogP contribution in [0.1, 0.15) is 37.7 Å². The summed E-state index contributed by atoms with van der Waals surface area (Å²) >= 11 is 8.00. The van der Waals surface area contributed by atoms with Crippen molar-refractivity contribution in [1.82, 2.24) is 0 Å². The second-order valence-corrected chi connectivity index (χ2v) is 6.95. The minimum atomic E-state index is 0.222. The van der Waals surface area contributed by atoms with E-state index in [1.54, 1.807) is 0 Å². The quantitative estimate of drug-likeness (QED) is 0.799. The number of hydrogen-bond acceptors (Lipinski definition) is 3. The normalized spacial score (nSPS) is 21.5. The molecule has 19 heavy (non-hydrogen) atoms. The summed E-state index contributed by atoms with van der Waals surface area (Å²) < 4.78 is 0. The Labute approximate surface area is 124 Å². The van der Waals surface area contributed by atoms with E-state index in [0.29, 0.717) is 0 Å². The Balaban J connectivity index is 1.73. The molecular formula is C15H19ClN2S. The SMILES string of the molecule is Cc1ccc(NC2=NC3(CCCCC3)CS2)cc1Cl. The molecule has 1 N–H and O–H groups in total. The van der Waals surface area contributed by atoms with E-state index < -0.39 is 0 Å². The van der Waals surface area contributed by atoms with E-state index in [1.807, 2.05) is 30.8 Å². The first-order valence-electron chi connectivity index (χ1n) is 6.93. The number of nitrogens with one attached hydrogen (secondary N) is 1. The first-order chi connectivity index (χ1) is 9.17. The predicted molar refractivity (Wildman–Crippen MR) is 85.5 cm³/mol. The van der Waals surface area contributed by atoms with Crippen LogP contribution in [0.15, 0.2) is 23.2 Å². The van der Waals surface area contributed by atoms with Gasteiger partial charge in [-0.1, -0.05) is 48.7 Å². The Morgan fingerprint density at radius 2 is 2.05 bits per heavy atom. The second-order valence-electron chi connectivity index (χ2n) is 5.58.